The molecule has 1 heterocycles. The van der Waals surface area contributed by atoms with Gasteiger partial charge >= 0.3 is 0 Å². The smallest absolute Gasteiger partial charge is 0.262 e. The van der Waals surface area contributed by atoms with Gasteiger partial charge in [0.15, 0.2) is 0 Å². The number of benzene rings is 1. The highest BCUT2D eigenvalue weighted by atomic mass is 32.2. The molecule has 19 heavy (non-hydrogen) atoms. The largest absolute Gasteiger partial charge is 0.396 e. The summed E-state index contributed by atoms with van der Waals surface area (Å²) >= 11 is 0. The maximum absolute atomic E-state index is 13.0. The van der Waals surface area contributed by atoms with E-state index >= 15 is 0 Å². The predicted octanol–water partition coefficient (Wildman–Crippen LogP) is 1.55. The Morgan fingerprint density at radius 1 is 1.37 bits per heavy atom. The van der Waals surface area contributed by atoms with Crippen LogP contribution in [0.3, 0.4) is 0 Å². The molecule has 0 atom stereocenters. The van der Waals surface area contributed by atoms with E-state index in [1.165, 1.54) is 0 Å². The first-order valence-electron chi connectivity index (χ1n) is 5.40. The third-order valence-electron chi connectivity index (χ3n) is 2.64. The van der Waals surface area contributed by atoms with Gasteiger partial charge < -0.3 is 5.73 Å². The normalized spacial score (nSPS) is 11.5. The molecule has 0 saturated heterocycles. The van der Waals surface area contributed by atoms with Gasteiger partial charge in [-0.05, 0) is 32.0 Å². The van der Waals surface area contributed by atoms with E-state index in [0.29, 0.717) is 17.1 Å². The van der Waals surface area contributed by atoms with Crippen LogP contribution in [0.4, 0.5) is 15.8 Å². The molecule has 0 spiro atoms. The molecule has 0 aliphatic rings. The fourth-order valence-corrected chi connectivity index (χ4v) is 2.80. The van der Waals surface area contributed by atoms with E-state index in [-0.39, 0.29) is 10.6 Å². The summed E-state index contributed by atoms with van der Waals surface area (Å²) in [6.07, 6.45) is 0. The second-order valence-corrected chi connectivity index (χ2v) is 5.78. The summed E-state index contributed by atoms with van der Waals surface area (Å²) in [4.78, 5) is -0.105. The number of hydrogen-bond donors (Lipinski definition) is 3. The van der Waals surface area contributed by atoms with Crippen LogP contribution < -0.4 is 10.5 Å². The van der Waals surface area contributed by atoms with Crippen LogP contribution >= 0.6 is 0 Å². The van der Waals surface area contributed by atoms with Crippen molar-refractivity contribution in [2.75, 3.05) is 10.5 Å². The highest BCUT2D eigenvalue weighted by molar-refractivity contribution is 7.92. The molecule has 0 saturated carbocycles. The Labute approximate surface area is 109 Å². The van der Waals surface area contributed by atoms with Crippen LogP contribution in [0, 0.1) is 19.7 Å². The average Bonchev–Trinajstić information content (AvgIpc) is 2.64. The van der Waals surface area contributed by atoms with E-state index in [1.54, 1.807) is 13.8 Å². The minimum atomic E-state index is -3.82. The lowest BCUT2D eigenvalue weighted by Gasteiger charge is -2.09. The van der Waals surface area contributed by atoms with E-state index in [9.17, 15) is 12.8 Å². The van der Waals surface area contributed by atoms with Crippen molar-refractivity contribution in [3.05, 3.63) is 35.4 Å². The first kappa shape index (κ1) is 13.3. The third-order valence-corrected chi connectivity index (χ3v) is 3.99. The molecule has 4 N–H and O–H groups in total. The van der Waals surface area contributed by atoms with Crippen molar-refractivity contribution in [3.8, 4) is 0 Å². The monoisotopic (exact) mass is 284 g/mol. The van der Waals surface area contributed by atoms with Gasteiger partial charge in [-0.15, -0.1) is 0 Å². The minimum Gasteiger partial charge on any atom is -0.396 e. The van der Waals surface area contributed by atoms with Gasteiger partial charge in [0.25, 0.3) is 10.0 Å². The fraction of sp³-hybridized carbons (Fsp3) is 0.182. The number of aromatic nitrogens is 2. The van der Waals surface area contributed by atoms with Gasteiger partial charge in [0.2, 0.25) is 0 Å². The summed E-state index contributed by atoms with van der Waals surface area (Å²) < 4.78 is 39.7. The molecule has 2 aromatic rings. The Bertz CT molecular complexity index is 705. The zero-order chi connectivity index (χ0) is 14.2. The van der Waals surface area contributed by atoms with Gasteiger partial charge in [-0.25, -0.2) is 12.8 Å². The number of H-pyrrole nitrogens is 1. The number of nitrogen functional groups attached to an aromatic ring is 1. The standard InChI is InChI=1S/C11H13FN4O2S/c1-6-11(7(2)15-14-6)16-19(17,18)8-3-4-9(12)10(13)5-8/h3-5,16H,13H2,1-2H3,(H,14,15). The molecule has 0 radical (unpaired) electrons. The molecule has 8 heteroatoms. The molecule has 102 valence electrons. The van der Waals surface area contributed by atoms with Crippen LogP contribution in [0.5, 0.6) is 0 Å². The second kappa shape index (κ2) is 4.54. The zero-order valence-electron chi connectivity index (χ0n) is 10.4. The van der Waals surface area contributed by atoms with Gasteiger partial charge in [-0.2, -0.15) is 5.10 Å². The van der Waals surface area contributed by atoms with Crippen molar-refractivity contribution in [1.29, 1.82) is 0 Å². The third kappa shape index (κ3) is 2.53. The maximum atomic E-state index is 13.0. The fourth-order valence-electron chi connectivity index (χ4n) is 1.58. The average molecular weight is 284 g/mol. The maximum Gasteiger partial charge on any atom is 0.262 e. The van der Waals surface area contributed by atoms with E-state index in [2.05, 4.69) is 14.9 Å². The number of hydrogen-bond acceptors (Lipinski definition) is 4. The number of anilines is 2. The van der Waals surface area contributed by atoms with Crippen molar-refractivity contribution in [2.45, 2.75) is 18.7 Å². The summed E-state index contributed by atoms with van der Waals surface area (Å²) in [5.41, 5.74) is 6.64. The molecule has 0 fully saturated rings. The van der Waals surface area contributed by atoms with Crippen molar-refractivity contribution >= 4 is 21.4 Å². The Balaban J connectivity index is 2.41. The molecular formula is C11H13FN4O2S. The lowest BCUT2D eigenvalue weighted by molar-refractivity contribution is 0.600. The number of aryl methyl sites for hydroxylation is 2. The van der Waals surface area contributed by atoms with Crippen LogP contribution in [-0.4, -0.2) is 18.6 Å². The predicted molar refractivity (Wildman–Crippen MR) is 69.7 cm³/mol. The van der Waals surface area contributed by atoms with Crippen LogP contribution in [0.15, 0.2) is 23.1 Å². The summed E-state index contributed by atoms with van der Waals surface area (Å²) in [7, 11) is -3.82. The lowest BCUT2D eigenvalue weighted by atomic mass is 10.3. The summed E-state index contributed by atoms with van der Waals surface area (Å²) in [6.45, 7) is 3.36. The molecule has 0 aliphatic heterocycles. The van der Waals surface area contributed by atoms with Gasteiger partial charge in [0.1, 0.15) is 5.82 Å². The molecule has 0 bridgehead atoms. The number of halogens is 1. The van der Waals surface area contributed by atoms with E-state index in [1.807, 2.05) is 0 Å². The Morgan fingerprint density at radius 2 is 2.05 bits per heavy atom. The Hall–Kier alpha value is -2.09. The summed E-state index contributed by atoms with van der Waals surface area (Å²) in [5, 5.41) is 6.56. The van der Waals surface area contributed by atoms with Crippen LogP contribution in [-0.2, 0) is 10.0 Å². The van der Waals surface area contributed by atoms with Crippen LogP contribution in [0.25, 0.3) is 0 Å². The van der Waals surface area contributed by atoms with Crippen molar-refractivity contribution in [3.63, 3.8) is 0 Å². The molecular weight excluding hydrogens is 271 g/mol. The SMILES string of the molecule is Cc1n[nH]c(C)c1NS(=O)(=O)c1ccc(F)c(N)c1. The van der Waals surface area contributed by atoms with Crippen molar-refractivity contribution < 1.29 is 12.8 Å². The molecule has 1 aromatic heterocycles. The number of sulfonamides is 1. The highest BCUT2D eigenvalue weighted by Crippen LogP contribution is 2.23. The first-order chi connectivity index (χ1) is 8.81. The molecule has 6 nitrogen and oxygen atoms in total. The van der Waals surface area contributed by atoms with Crippen molar-refractivity contribution in [1.82, 2.24) is 10.2 Å². The van der Waals surface area contributed by atoms with Crippen molar-refractivity contribution in [2.24, 2.45) is 0 Å². The Morgan fingerprint density at radius 3 is 2.58 bits per heavy atom. The van der Waals surface area contributed by atoms with Gasteiger partial charge in [-0.1, -0.05) is 0 Å². The number of nitrogens with zero attached hydrogens (tertiary/aromatic N) is 1. The summed E-state index contributed by atoms with van der Waals surface area (Å²) in [5.74, 6) is -0.658. The molecule has 0 amide bonds. The van der Waals surface area contributed by atoms with Gasteiger partial charge in [0.05, 0.1) is 27.7 Å². The quantitative estimate of drug-likeness (QED) is 0.744. The molecule has 1 aromatic carbocycles. The Kier molecular flexibility index (Phi) is 3.19. The second-order valence-electron chi connectivity index (χ2n) is 4.10. The highest BCUT2D eigenvalue weighted by Gasteiger charge is 2.19. The summed E-state index contributed by atoms with van der Waals surface area (Å²) in [6, 6.07) is 3.24. The lowest BCUT2D eigenvalue weighted by Crippen LogP contribution is -2.14. The topological polar surface area (TPSA) is 101 Å². The van der Waals surface area contributed by atoms with E-state index < -0.39 is 15.8 Å². The molecule has 0 aliphatic carbocycles. The molecule has 0 unspecified atom stereocenters. The first-order valence-corrected chi connectivity index (χ1v) is 6.89. The zero-order valence-corrected chi connectivity index (χ0v) is 11.2. The molecule has 2 rings (SSSR count). The number of rotatable bonds is 3. The van der Waals surface area contributed by atoms with E-state index in [0.717, 1.165) is 18.2 Å². The van der Waals surface area contributed by atoms with Crippen LogP contribution in [0.1, 0.15) is 11.4 Å². The number of nitrogens with one attached hydrogen (secondary N) is 2. The minimum absolute atomic E-state index is 0.105. The van der Waals surface area contributed by atoms with Gasteiger partial charge in [0, 0.05) is 0 Å². The van der Waals surface area contributed by atoms with E-state index in [4.69, 9.17) is 5.73 Å². The number of aromatic amines is 1. The van der Waals surface area contributed by atoms with Gasteiger partial charge in [-0.3, -0.25) is 9.82 Å². The number of nitrogens with two attached hydrogens (primary N) is 1. The van der Waals surface area contributed by atoms with Crippen LogP contribution in [0.2, 0.25) is 0 Å².